The van der Waals surface area contributed by atoms with Crippen LogP contribution in [0.2, 0.25) is 0 Å². The molecular weight excluding hydrogens is 324 g/mol. The Morgan fingerprint density at radius 3 is 2.67 bits per heavy atom. The summed E-state index contributed by atoms with van der Waals surface area (Å²) in [6.45, 7) is 2.83. The molecule has 1 aliphatic rings. The van der Waals surface area contributed by atoms with Gasteiger partial charge in [0.05, 0.1) is 6.61 Å². The van der Waals surface area contributed by atoms with Gasteiger partial charge in [-0.05, 0) is 40.8 Å². The number of fused-ring (bicyclic) bond motifs is 3. The van der Waals surface area contributed by atoms with Crippen molar-refractivity contribution in [2.75, 3.05) is 33.4 Å². The summed E-state index contributed by atoms with van der Waals surface area (Å²) < 4.78 is 4.96. The van der Waals surface area contributed by atoms with Gasteiger partial charge in [0.25, 0.3) is 5.91 Å². The van der Waals surface area contributed by atoms with Crippen LogP contribution in [0.15, 0.2) is 42.5 Å². The zero-order chi connectivity index (χ0) is 16.1. The number of halogens is 1. The molecule has 1 aliphatic carbocycles. The molecule has 0 fully saturated rings. The van der Waals surface area contributed by atoms with Crippen LogP contribution in [-0.4, -0.2) is 39.3 Å². The molecule has 0 radical (unpaired) electrons. The Kier molecular flexibility index (Phi) is 6.79. The van der Waals surface area contributed by atoms with Gasteiger partial charge in [0.1, 0.15) is 0 Å². The lowest BCUT2D eigenvalue weighted by Crippen LogP contribution is -2.33. The van der Waals surface area contributed by atoms with E-state index in [1.807, 2.05) is 12.1 Å². The van der Waals surface area contributed by atoms with Crippen LogP contribution >= 0.6 is 12.4 Å². The average Bonchev–Trinajstić information content (AvgIpc) is 2.95. The summed E-state index contributed by atoms with van der Waals surface area (Å²) in [4.78, 5) is 12.2. The highest BCUT2D eigenvalue weighted by Gasteiger charge is 2.19. The lowest BCUT2D eigenvalue weighted by molar-refractivity contribution is 0.0953. The predicted octanol–water partition coefficient (Wildman–Crippen LogP) is 2.65. The number of carbonyl (C=O) groups excluding carboxylic acids is 1. The molecule has 0 bridgehead atoms. The van der Waals surface area contributed by atoms with Crippen LogP contribution in [0.4, 0.5) is 0 Å². The number of ether oxygens (including phenoxy) is 1. The van der Waals surface area contributed by atoms with E-state index >= 15 is 0 Å². The van der Waals surface area contributed by atoms with Crippen molar-refractivity contribution in [3.8, 4) is 11.1 Å². The summed E-state index contributed by atoms with van der Waals surface area (Å²) in [6.07, 6.45) is 0.908. The van der Waals surface area contributed by atoms with Crippen molar-refractivity contribution in [1.82, 2.24) is 10.6 Å². The minimum atomic E-state index is -0.0164. The Morgan fingerprint density at radius 2 is 1.83 bits per heavy atom. The normalized spacial score (nSPS) is 11.4. The van der Waals surface area contributed by atoms with Gasteiger partial charge < -0.3 is 15.4 Å². The second-order valence-corrected chi connectivity index (χ2v) is 5.70. The number of amides is 1. The summed E-state index contributed by atoms with van der Waals surface area (Å²) in [7, 11) is 1.68. The molecule has 2 N–H and O–H groups in total. The van der Waals surface area contributed by atoms with Crippen LogP contribution in [0.3, 0.4) is 0 Å². The summed E-state index contributed by atoms with van der Waals surface area (Å²) in [5.41, 5.74) is 5.84. The van der Waals surface area contributed by atoms with E-state index in [4.69, 9.17) is 4.74 Å². The van der Waals surface area contributed by atoms with E-state index in [0.29, 0.717) is 13.2 Å². The smallest absolute Gasteiger partial charge is 0.251 e. The molecule has 0 heterocycles. The van der Waals surface area contributed by atoms with Crippen LogP contribution in [0.5, 0.6) is 0 Å². The van der Waals surface area contributed by atoms with Crippen molar-refractivity contribution in [2.24, 2.45) is 0 Å². The van der Waals surface area contributed by atoms with Gasteiger partial charge in [0.15, 0.2) is 0 Å². The Morgan fingerprint density at radius 1 is 1.04 bits per heavy atom. The molecule has 0 saturated heterocycles. The topological polar surface area (TPSA) is 50.4 Å². The maximum Gasteiger partial charge on any atom is 0.251 e. The molecule has 128 valence electrons. The van der Waals surface area contributed by atoms with E-state index in [1.54, 1.807) is 7.11 Å². The first-order valence-electron chi connectivity index (χ1n) is 7.98. The van der Waals surface area contributed by atoms with Gasteiger partial charge in [0.2, 0.25) is 0 Å². The fourth-order valence-corrected chi connectivity index (χ4v) is 2.95. The van der Waals surface area contributed by atoms with Crippen molar-refractivity contribution < 1.29 is 9.53 Å². The van der Waals surface area contributed by atoms with Crippen LogP contribution in [0, 0.1) is 0 Å². The molecule has 5 heteroatoms. The number of benzene rings is 2. The fourth-order valence-electron chi connectivity index (χ4n) is 2.95. The number of carbonyl (C=O) groups is 1. The zero-order valence-electron chi connectivity index (χ0n) is 13.8. The molecule has 3 rings (SSSR count). The first kappa shape index (κ1) is 18.5. The van der Waals surface area contributed by atoms with Crippen molar-refractivity contribution in [1.29, 1.82) is 0 Å². The van der Waals surface area contributed by atoms with Gasteiger partial charge in [-0.25, -0.2) is 0 Å². The maximum absolute atomic E-state index is 12.2. The maximum atomic E-state index is 12.2. The number of hydrogen-bond acceptors (Lipinski definition) is 3. The van der Waals surface area contributed by atoms with Crippen LogP contribution in [0.1, 0.15) is 21.5 Å². The lowest BCUT2D eigenvalue weighted by atomic mass is 10.0. The molecule has 2 aromatic rings. The second-order valence-electron chi connectivity index (χ2n) is 5.70. The molecular formula is C19H23ClN2O2. The largest absolute Gasteiger partial charge is 0.383 e. The Hall–Kier alpha value is -1.88. The third kappa shape index (κ3) is 4.15. The van der Waals surface area contributed by atoms with Gasteiger partial charge in [0, 0.05) is 32.3 Å². The molecule has 0 spiro atoms. The molecule has 0 aromatic heterocycles. The highest BCUT2D eigenvalue weighted by atomic mass is 35.5. The molecule has 0 atom stereocenters. The first-order chi connectivity index (χ1) is 11.3. The Balaban J connectivity index is 0.00000208. The van der Waals surface area contributed by atoms with Gasteiger partial charge in [-0.15, -0.1) is 12.4 Å². The predicted molar refractivity (Wildman–Crippen MR) is 99.0 cm³/mol. The third-order valence-corrected chi connectivity index (χ3v) is 4.13. The highest BCUT2D eigenvalue weighted by molar-refractivity contribution is 5.95. The Labute approximate surface area is 149 Å². The number of nitrogens with one attached hydrogen (secondary N) is 2. The van der Waals surface area contributed by atoms with Gasteiger partial charge in [-0.3, -0.25) is 4.79 Å². The summed E-state index contributed by atoms with van der Waals surface area (Å²) in [5, 5.41) is 6.15. The molecule has 0 unspecified atom stereocenters. The van der Waals surface area contributed by atoms with E-state index < -0.39 is 0 Å². The molecule has 0 aliphatic heterocycles. The first-order valence-corrected chi connectivity index (χ1v) is 7.98. The molecule has 2 aromatic carbocycles. The molecule has 24 heavy (non-hydrogen) atoms. The Bertz CT molecular complexity index is 704. The van der Waals surface area contributed by atoms with Crippen molar-refractivity contribution in [3.05, 3.63) is 59.2 Å². The quantitative estimate of drug-likeness (QED) is 0.647. The number of hydrogen-bond donors (Lipinski definition) is 2. The second kappa shape index (κ2) is 8.83. The SMILES string of the molecule is COCCNCCNC(=O)c1ccc2c(c1)Cc1ccccc1-2.Cl. The van der Waals surface area contributed by atoms with Gasteiger partial charge >= 0.3 is 0 Å². The number of methoxy groups -OCH3 is 1. The van der Waals surface area contributed by atoms with Crippen LogP contribution in [0.25, 0.3) is 11.1 Å². The zero-order valence-corrected chi connectivity index (χ0v) is 14.6. The van der Waals surface area contributed by atoms with Crippen molar-refractivity contribution in [3.63, 3.8) is 0 Å². The third-order valence-electron chi connectivity index (χ3n) is 4.13. The van der Waals surface area contributed by atoms with E-state index in [2.05, 4.69) is 41.0 Å². The minimum Gasteiger partial charge on any atom is -0.383 e. The monoisotopic (exact) mass is 346 g/mol. The van der Waals surface area contributed by atoms with E-state index in [-0.39, 0.29) is 18.3 Å². The van der Waals surface area contributed by atoms with E-state index in [1.165, 1.54) is 22.3 Å². The standard InChI is InChI=1S/C19H22N2O2.ClH/c1-23-11-10-20-8-9-21-19(22)15-6-7-18-16(13-15)12-14-4-2-3-5-17(14)18;/h2-7,13,20H,8-12H2,1H3,(H,21,22);1H. The molecule has 0 saturated carbocycles. The molecule has 4 nitrogen and oxygen atoms in total. The van der Waals surface area contributed by atoms with Crippen molar-refractivity contribution >= 4 is 18.3 Å². The van der Waals surface area contributed by atoms with Gasteiger partial charge in [-0.2, -0.15) is 0 Å². The van der Waals surface area contributed by atoms with Gasteiger partial charge in [-0.1, -0.05) is 30.3 Å². The highest BCUT2D eigenvalue weighted by Crippen LogP contribution is 2.36. The lowest BCUT2D eigenvalue weighted by Gasteiger charge is -2.08. The van der Waals surface area contributed by atoms with E-state index in [9.17, 15) is 4.79 Å². The minimum absolute atomic E-state index is 0. The number of rotatable bonds is 7. The van der Waals surface area contributed by atoms with E-state index in [0.717, 1.165) is 25.1 Å². The molecule has 1 amide bonds. The summed E-state index contributed by atoms with van der Waals surface area (Å²) in [5.74, 6) is -0.0164. The van der Waals surface area contributed by atoms with Crippen LogP contribution < -0.4 is 10.6 Å². The summed E-state index contributed by atoms with van der Waals surface area (Å²) >= 11 is 0. The van der Waals surface area contributed by atoms with Crippen molar-refractivity contribution in [2.45, 2.75) is 6.42 Å². The average molecular weight is 347 g/mol. The fraction of sp³-hybridized carbons (Fsp3) is 0.316. The van der Waals surface area contributed by atoms with Crippen LogP contribution in [-0.2, 0) is 11.2 Å². The summed E-state index contributed by atoms with van der Waals surface area (Å²) in [6, 6.07) is 14.4.